The summed E-state index contributed by atoms with van der Waals surface area (Å²) in [5, 5.41) is 2.80. The standard InChI is InChI=1S/C17H19F2N3O/c1-3-4-7-22(2)17(23)12-8-14(11-20-10-12)21-16-6-5-13(18)9-15(16)19/h5-6,8-11,21H,3-4,7H2,1-2H3. The molecule has 1 aromatic carbocycles. The van der Waals surface area contributed by atoms with Gasteiger partial charge in [-0.3, -0.25) is 9.78 Å². The molecule has 0 atom stereocenters. The number of anilines is 2. The van der Waals surface area contributed by atoms with E-state index < -0.39 is 11.6 Å². The Labute approximate surface area is 134 Å². The molecule has 4 nitrogen and oxygen atoms in total. The van der Waals surface area contributed by atoms with E-state index >= 15 is 0 Å². The maximum absolute atomic E-state index is 13.7. The van der Waals surface area contributed by atoms with E-state index in [1.165, 1.54) is 18.5 Å². The predicted molar refractivity (Wildman–Crippen MR) is 85.7 cm³/mol. The molecule has 23 heavy (non-hydrogen) atoms. The van der Waals surface area contributed by atoms with Crippen LogP contribution in [0, 0.1) is 11.6 Å². The molecule has 122 valence electrons. The number of nitrogens with one attached hydrogen (secondary N) is 1. The van der Waals surface area contributed by atoms with E-state index in [1.807, 2.05) is 0 Å². The second kappa shape index (κ2) is 7.67. The summed E-state index contributed by atoms with van der Waals surface area (Å²) >= 11 is 0. The molecule has 1 aromatic heterocycles. The Kier molecular flexibility index (Phi) is 5.62. The minimum Gasteiger partial charge on any atom is -0.352 e. The van der Waals surface area contributed by atoms with Gasteiger partial charge in [0.2, 0.25) is 0 Å². The molecule has 0 aliphatic carbocycles. The van der Waals surface area contributed by atoms with Gasteiger partial charge in [-0.05, 0) is 24.6 Å². The number of unbranched alkanes of at least 4 members (excludes halogenated alkanes) is 1. The first-order chi connectivity index (χ1) is 11.0. The van der Waals surface area contributed by atoms with Crippen LogP contribution in [0.25, 0.3) is 0 Å². The Balaban J connectivity index is 2.14. The van der Waals surface area contributed by atoms with Crippen LogP contribution >= 0.6 is 0 Å². The Morgan fingerprint density at radius 2 is 2.04 bits per heavy atom. The van der Waals surface area contributed by atoms with Crippen molar-refractivity contribution in [1.82, 2.24) is 9.88 Å². The van der Waals surface area contributed by atoms with Gasteiger partial charge in [0.25, 0.3) is 5.91 Å². The number of benzene rings is 1. The third-order valence-electron chi connectivity index (χ3n) is 3.39. The summed E-state index contributed by atoms with van der Waals surface area (Å²) in [6.45, 7) is 2.72. The normalized spacial score (nSPS) is 10.4. The van der Waals surface area contributed by atoms with Crippen molar-refractivity contribution in [3.05, 3.63) is 53.9 Å². The van der Waals surface area contributed by atoms with Crippen molar-refractivity contribution in [1.29, 1.82) is 0 Å². The number of nitrogens with zero attached hydrogens (tertiary/aromatic N) is 2. The summed E-state index contributed by atoms with van der Waals surface area (Å²) in [6.07, 6.45) is 4.87. The lowest BCUT2D eigenvalue weighted by atomic mass is 10.2. The average Bonchev–Trinajstić information content (AvgIpc) is 2.55. The molecule has 2 rings (SSSR count). The molecule has 1 amide bonds. The SMILES string of the molecule is CCCCN(C)C(=O)c1cncc(Nc2ccc(F)cc2F)c1. The van der Waals surface area contributed by atoms with Crippen molar-refractivity contribution < 1.29 is 13.6 Å². The fourth-order valence-electron chi connectivity index (χ4n) is 2.09. The lowest BCUT2D eigenvalue weighted by Crippen LogP contribution is -2.27. The number of pyridine rings is 1. The molecule has 0 saturated carbocycles. The third-order valence-corrected chi connectivity index (χ3v) is 3.39. The van der Waals surface area contributed by atoms with E-state index in [-0.39, 0.29) is 11.6 Å². The highest BCUT2D eigenvalue weighted by Gasteiger charge is 2.13. The van der Waals surface area contributed by atoms with Gasteiger partial charge in [-0.1, -0.05) is 13.3 Å². The number of amides is 1. The van der Waals surface area contributed by atoms with Crippen molar-refractivity contribution in [2.75, 3.05) is 18.9 Å². The molecule has 2 aromatic rings. The molecule has 0 aliphatic heterocycles. The van der Waals surface area contributed by atoms with Gasteiger partial charge in [0.05, 0.1) is 23.1 Å². The van der Waals surface area contributed by atoms with Crippen LogP contribution in [-0.4, -0.2) is 29.4 Å². The zero-order chi connectivity index (χ0) is 16.8. The van der Waals surface area contributed by atoms with E-state index in [1.54, 1.807) is 18.0 Å². The van der Waals surface area contributed by atoms with Crippen molar-refractivity contribution in [3.63, 3.8) is 0 Å². The Hall–Kier alpha value is -2.50. The summed E-state index contributed by atoms with van der Waals surface area (Å²) in [6, 6.07) is 4.85. The number of hydrogen-bond acceptors (Lipinski definition) is 3. The van der Waals surface area contributed by atoms with Crippen LogP contribution in [0.5, 0.6) is 0 Å². The number of hydrogen-bond donors (Lipinski definition) is 1. The number of carbonyl (C=O) groups excluding carboxylic acids is 1. The molecule has 1 heterocycles. The summed E-state index contributed by atoms with van der Waals surface area (Å²) in [5.41, 5.74) is 0.999. The Morgan fingerprint density at radius 3 is 2.74 bits per heavy atom. The van der Waals surface area contributed by atoms with Gasteiger partial charge in [-0.2, -0.15) is 0 Å². The molecule has 6 heteroatoms. The van der Waals surface area contributed by atoms with Crippen LogP contribution in [0.2, 0.25) is 0 Å². The second-order valence-corrected chi connectivity index (χ2v) is 5.29. The number of rotatable bonds is 6. The highest BCUT2D eigenvalue weighted by molar-refractivity contribution is 5.94. The van der Waals surface area contributed by atoms with Crippen LogP contribution < -0.4 is 5.32 Å². The molecule has 1 N–H and O–H groups in total. The number of halogens is 2. The Bertz CT molecular complexity index is 691. The maximum atomic E-state index is 13.7. The summed E-state index contributed by atoms with van der Waals surface area (Å²) in [4.78, 5) is 17.9. The van der Waals surface area contributed by atoms with E-state index in [0.29, 0.717) is 17.8 Å². The first kappa shape index (κ1) is 16.9. The summed E-state index contributed by atoms with van der Waals surface area (Å²) in [7, 11) is 1.73. The van der Waals surface area contributed by atoms with Crippen molar-refractivity contribution in [3.8, 4) is 0 Å². The van der Waals surface area contributed by atoms with Gasteiger partial charge in [-0.25, -0.2) is 8.78 Å². The first-order valence-corrected chi connectivity index (χ1v) is 7.44. The van der Waals surface area contributed by atoms with Gasteiger partial charge >= 0.3 is 0 Å². The zero-order valence-corrected chi connectivity index (χ0v) is 13.1. The molecule has 0 fully saturated rings. The molecular formula is C17H19F2N3O. The van der Waals surface area contributed by atoms with Crippen LogP contribution in [-0.2, 0) is 0 Å². The third kappa shape index (κ3) is 4.48. The highest BCUT2D eigenvalue weighted by Crippen LogP contribution is 2.21. The van der Waals surface area contributed by atoms with Crippen molar-refractivity contribution >= 4 is 17.3 Å². The van der Waals surface area contributed by atoms with Gasteiger partial charge in [0.15, 0.2) is 0 Å². The van der Waals surface area contributed by atoms with Crippen LogP contribution in [0.4, 0.5) is 20.2 Å². The first-order valence-electron chi connectivity index (χ1n) is 7.44. The zero-order valence-electron chi connectivity index (χ0n) is 13.1. The van der Waals surface area contributed by atoms with Crippen LogP contribution in [0.1, 0.15) is 30.1 Å². The highest BCUT2D eigenvalue weighted by atomic mass is 19.1. The monoisotopic (exact) mass is 319 g/mol. The number of carbonyl (C=O) groups is 1. The molecule has 0 saturated heterocycles. The molecule has 0 bridgehead atoms. The minimum absolute atomic E-state index is 0.122. The smallest absolute Gasteiger partial charge is 0.255 e. The van der Waals surface area contributed by atoms with Gasteiger partial charge in [0.1, 0.15) is 11.6 Å². The van der Waals surface area contributed by atoms with Crippen LogP contribution in [0.3, 0.4) is 0 Å². The van der Waals surface area contributed by atoms with Crippen molar-refractivity contribution in [2.24, 2.45) is 0 Å². The fraction of sp³-hybridized carbons (Fsp3) is 0.294. The summed E-state index contributed by atoms with van der Waals surface area (Å²) < 4.78 is 26.6. The minimum atomic E-state index is -0.707. The summed E-state index contributed by atoms with van der Waals surface area (Å²) in [5.74, 6) is -1.50. The van der Waals surface area contributed by atoms with E-state index in [9.17, 15) is 13.6 Å². The maximum Gasteiger partial charge on any atom is 0.255 e. The molecule has 0 radical (unpaired) electrons. The van der Waals surface area contributed by atoms with E-state index in [0.717, 1.165) is 25.0 Å². The topological polar surface area (TPSA) is 45.2 Å². The van der Waals surface area contributed by atoms with Crippen LogP contribution in [0.15, 0.2) is 36.7 Å². The fourth-order valence-corrected chi connectivity index (χ4v) is 2.09. The molecule has 0 spiro atoms. The van der Waals surface area contributed by atoms with E-state index in [4.69, 9.17) is 0 Å². The lowest BCUT2D eigenvalue weighted by Gasteiger charge is -2.17. The quantitative estimate of drug-likeness (QED) is 0.876. The molecule has 0 aliphatic rings. The van der Waals surface area contributed by atoms with E-state index in [2.05, 4.69) is 17.2 Å². The lowest BCUT2D eigenvalue weighted by molar-refractivity contribution is 0.0793. The molecular weight excluding hydrogens is 300 g/mol. The Morgan fingerprint density at radius 1 is 1.26 bits per heavy atom. The largest absolute Gasteiger partial charge is 0.352 e. The predicted octanol–water partition coefficient (Wildman–Crippen LogP) is 3.98. The second-order valence-electron chi connectivity index (χ2n) is 5.29. The van der Waals surface area contributed by atoms with Gasteiger partial charge < -0.3 is 10.2 Å². The average molecular weight is 319 g/mol. The molecule has 0 unspecified atom stereocenters. The van der Waals surface area contributed by atoms with Gasteiger partial charge in [0, 0.05) is 25.9 Å². The number of aromatic nitrogens is 1. The van der Waals surface area contributed by atoms with Gasteiger partial charge in [-0.15, -0.1) is 0 Å². The van der Waals surface area contributed by atoms with Crippen molar-refractivity contribution in [2.45, 2.75) is 19.8 Å².